The summed E-state index contributed by atoms with van der Waals surface area (Å²) in [6.45, 7) is 9.61. The van der Waals surface area contributed by atoms with Gasteiger partial charge in [-0.15, -0.1) is 0 Å². The highest BCUT2D eigenvalue weighted by Gasteiger charge is 2.28. The molecule has 24 N–H and O–H groups in total. The summed E-state index contributed by atoms with van der Waals surface area (Å²) in [6, 6.07) is 1.11. The maximum atomic E-state index is 15.4. The number of Topliss-reactive ketones (excluding diaryl/α,β-unsaturated/α-hetero) is 4. The lowest BCUT2D eigenvalue weighted by molar-refractivity contribution is -0.124. The van der Waals surface area contributed by atoms with Gasteiger partial charge in [0.05, 0.1) is 36.3 Å². The molecule has 0 spiro atoms. The first-order chi connectivity index (χ1) is 44.8. The smallest absolute Gasteiger partial charge is 0.254 e. The number of ketones is 4. The molecule has 6 atom stereocenters. The predicted octanol–water partition coefficient (Wildman–Crippen LogP) is -2.60. The molecule has 534 valence electrons. The van der Waals surface area contributed by atoms with Gasteiger partial charge >= 0.3 is 0 Å². The molecule has 0 radical (unpaired) electrons. The first kappa shape index (κ1) is 85.6. The van der Waals surface area contributed by atoms with Gasteiger partial charge in [0.25, 0.3) is 17.7 Å². The molecule has 30 nitrogen and oxygen atoms in total. The Hall–Kier alpha value is -5.39. The van der Waals surface area contributed by atoms with Gasteiger partial charge in [-0.3, -0.25) is 64.9 Å². The Bertz CT molecular complexity index is 2150. The molecule has 0 unspecified atom stereocenters. The van der Waals surface area contributed by atoms with Gasteiger partial charge in [-0.1, -0.05) is 38.5 Å². The third kappa shape index (κ3) is 37.5. The number of hydrogen-bond acceptors (Lipinski definition) is 25. The maximum absolute atomic E-state index is 15.4. The number of rotatable bonds is 61. The average molecular weight is 1320 g/mol. The lowest BCUT2D eigenvalue weighted by atomic mass is 10.0. The Morgan fingerprint density at radius 3 is 0.720 bits per heavy atom. The zero-order chi connectivity index (χ0) is 69.2. The third-order valence-corrected chi connectivity index (χ3v) is 16.0. The quantitative estimate of drug-likeness (QED) is 0.0235. The van der Waals surface area contributed by atoms with Crippen molar-refractivity contribution in [2.24, 2.45) is 34.4 Å². The Morgan fingerprint density at radius 1 is 0.323 bits per heavy atom. The maximum Gasteiger partial charge on any atom is 0.254 e. The van der Waals surface area contributed by atoms with Crippen molar-refractivity contribution in [2.75, 3.05) is 132 Å². The summed E-state index contributed by atoms with van der Waals surface area (Å²) in [6.07, 6.45) is 11.9. The third-order valence-electron chi connectivity index (χ3n) is 16.0. The van der Waals surface area contributed by atoms with E-state index in [9.17, 15) is 28.8 Å². The summed E-state index contributed by atoms with van der Waals surface area (Å²) >= 11 is 0. The van der Waals surface area contributed by atoms with Crippen molar-refractivity contribution < 1.29 is 43.2 Å². The van der Waals surface area contributed by atoms with Gasteiger partial charge in [-0.2, -0.15) is 0 Å². The van der Waals surface area contributed by atoms with E-state index in [1.807, 2.05) is 0 Å². The summed E-state index contributed by atoms with van der Waals surface area (Å²) in [4.78, 5) is 128. The molecular weight excluding hydrogens is 1190 g/mol. The molecule has 0 heterocycles. The van der Waals surface area contributed by atoms with Crippen LogP contribution in [0.25, 0.3) is 0 Å². The Balaban J connectivity index is 4.21. The van der Waals surface area contributed by atoms with Crippen LogP contribution in [-0.4, -0.2) is 236 Å². The Labute approximate surface area is 553 Å². The van der Waals surface area contributed by atoms with Crippen LogP contribution in [0.3, 0.4) is 0 Å². The van der Waals surface area contributed by atoms with Gasteiger partial charge in [-0.25, -0.2) is 21.7 Å². The first-order valence-corrected chi connectivity index (χ1v) is 33.9. The van der Waals surface area contributed by atoms with Gasteiger partial charge in [0, 0.05) is 95.2 Å². The van der Waals surface area contributed by atoms with E-state index in [0.29, 0.717) is 116 Å². The van der Waals surface area contributed by atoms with Gasteiger partial charge in [0.1, 0.15) is 23.1 Å². The Kier molecular flexibility index (Phi) is 49.5. The molecule has 0 bridgehead atoms. The van der Waals surface area contributed by atoms with Crippen molar-refractivity contribution in [2.45, 2.75) is 180 Å². The summed E-state index contributed by atoms with van der Waals surface area (Å²) in [5, 5.41) is 12.0. The highest BCUT2D eigenvalue weighted by Crippen LogP contribution is 2.18. The lowest BCUT2D eigenvalue weighted by Gasteiger charge is -2.28. The number of carbonyl (C=O) groups excluding carboxylic acids is 9. The highest BCUT2D eigenvalue weighted by atomic mass is 16.2. The van der Waals surface area contributed by atoms with Crippen molar-refractivity contribution in [3.8, 4) is 0 Å². The van der Waals surface area contributed by atoms with E-state index in [0.717, 1.165) is 38.5 Å². The molecule has 0 aliphatic heterocycles. The molecule has 93 heavy (non-hydrogen) atoms. The molecule has 0 aliphatic rings. The molecule has 5 amide bonds. The minimum absolute atomic E-state index is 0.0121. The lowest BCUT2D eigenvalue weighted by Crippen LogP contribution is -2.50. The summed E-state index contributed by atoms with van der Waals surface area (Å²) in [5.41, 5.74) is 59.2. The van der Waals surface area contributed by atoms with E-state index in [1.54, 1.807) is 14.1 Å². The van der Waals surface area contributed by atoms with Crippen LogP contribution in [0, 0.1) is 0 Å². The number of nitrogens with two attached hydrogens (primary N) is 6. The van der Waals surface area contributed by atoms with Gasteiger partial charge < -0.3 is 70.4 Å². The Morgan fingerprint density at radius 2 is 0.527 bits per heavy atom. The first-order valence-electron chi connectivity index (χ1n) is 33.9. The SMILES string of the molecule is CN[C@@H](CCCCN)C(=O)NCCN(CCNN[C@@H](CCCCN)C(C)=O)C(=O)c1cc(C(=O)N(CCNN[C@@H](CCCCN)C(C)=O)CCNN[C@@H](CCCCN)C(C)=O)cc(C(=O)N(CCNN[C@@H](CCCCN)C(C)=O)CCNC(=O)[C@H](CCCCN)NC)c1. The second kappa shape index (κ2) is 53.8. The summed E-state index contributed by atoms with van der Waals surface area (Å²) in [7, 11) is 3.39. The normalized spacial score (nSPS) is 13.3. The van der Waals surface area contributed by atoms with Crippen LogP contribution in [0.15, 0.2) is 18.2 Å². The molecule has 0 aromatic heterocycles. The number of nitrogens with zero attached hydrogens (tertiary/aromatic N) is 3. The van der Waals surface area contributed by atoms with E-state index in [2.05, 4.69) is 64.7 Å². The van der Waals surface area contributed by atoms with E-state index in [-0.39, 0.29) is 130 Å². The fourth-order valence-electron chi connectivity index (χ4n) is 10.2. The van der Waals surface area contributed by atoms with Crippen molar-refractivity contribution >= 4 is 52.7 Å². The molecular formula is C63H123N21O9. The fourth-order valence-corrected chi connectivity index (χ4v) is 10.2. The monoisotopic (exact) mass is 1320 g/mol. The predicted molar refractivity (Wildman–Crippen MR) is 366 cm³/mol. The molecule has 0 saturated heterocycles. The summed E-state index contributed by atoms with van der Waals surface area (Å²) < 4.78 is 0. The largest absolute Gasteiger partial charge is 0.353 e. The molecule has 1 aromatic carbocycles. The molecule has 0 fully saturated rings. The average Bonchev–Trinajstić information content (AvgIpc) is 0.850. The minimum Gasteiger partial charge on any atom is -0.353 e. The number of unbranched alkanes of at least 4 members (excludes halogenated alkanes) is 6. The zero-order valence-corrected chi connectivity index (χ0v) is 57.1. The molecule has 0 aliphatic carbocycles. The van der Waals surface area contributed by atoms with Crippen molar-refractivity contribution in [1.82, 2.24) is 79.4 Å². The van der Waals surface area contributed by atoms with Crippen LogP contribution in [0.4, 0.5) is 0 Å². The standard InChI is InChI=1S/C63H123N21O9/c1-46(85)53(19-7-13-25-64)78-74-33-39-82(37-31-72-59(89)57(70-5)23-11-17-29-68)61(91)50-43-51(62(92)83(38-32-73-60(90)58(71-6)24-12-18-30-69)40-34-75-79-54(47(2)86)20-8-14-26-65)45-52(44-50)63(93)84(41-35-76-80-55(48(3)87)21-9-15-27-66)42-36-77-81-56(49(4)88)22-10-16-28-67/h43-45,53-58,70-71,74-81H,7-42,64-69H2,1-6H3,(H,72,89)(H,73,90)/t53-,54-,55-,56-,57-,58-/m0/s1. The molecule has 30 heteroatoms. The number of carbonyl (C=O) groups is 9. The molecule has 1 rings (SSSR count). The number of nitrogens with one attached hydrogen (secondary N) is 12. The van der Waals surface area contributed by atoms with E-state index in [4.69, 9.17) is 34.4 Å². The number of likely N-dealkylation sites (N-methyl/N-ethyl adjacent to an activating group) is 2. The van der Waals surface area contributed by atoms with Crippen LogP contribution in [0.1, 0.15) is 174 Å². The van der Waals surface area contributed by atoms with E-state index in [1.165, 1.54) is 60.6 Å². The number of benzene rings is 1. The second-order valence-electron chi connectivity index (χ2n) is 23.6. The molecule has 1 aromatic rings. The van der Waals surface area contributed by atoms with Crippen molar-refractivity contribution in [3.63, 3.8) is 0 Å². The van der Waals surface area contributed by atoms with Crippen LogP contribution < -0.4 is 99.1 Å². The van der Waals surface area contributed by atoms with Crippen molar-refractivity contribution in [3.05, 3.63) is 34.9 Å². The topological polar surface area (TPSA) is 464 Å². The van der Waals surface area contributed by atoms with Crippen LogP contribution in [0.5, 0.6) is 0 Å². The highest BCUT2D eigenvalue weighted by molar-refractivity contribution is 6.04. The minimum atomic E-state index is -0.589. The van der Waals surface area contributed by atoms with Gasteiger partial charge in [0.2, 0.25) is 11.8 Å². The van der Waals surface area contributed by atoms with E-state index < -0.39 is 54.0 Å². The zero-order valence-electron chi connectivity index (χ0n) is 57.1. The number of hydrazine groups is 4. The number of hydrogen-bond donors (Lipinski definition) is 18. The van der Waals surface area contributed by atoms with Gasteiger partial charge in [-0.05, 0) is 176 Å². The number of amides is 5. The second-order valence-corrected chi connectivity index (χ2v) is 23.6. The fraction of sp³-hybridized carbons (Fsp3) is 0.762. The van der Waals surface area contributed by atoms with Crippen LogP contribution >= 0.6 is 0 Å². The summed E-state index contributed by atoms with van der Waals surface area (Å²) in [5.74, 6) is -2.64. The van der Waals surface area contributed by atoms with Crippen LogP contribution in [0.2, 0.25) is 0 Å². The van der Waals surface area contributed by atoms with Crippen molar-refractivity contribution in [1.29, 1.82) is 0 Å². The van der Waals surface area contributed by atoms with Gasteiger partial charge in [0.15, 0.2) is 0 Å². The molecule has 0 saturated carbocycles. The van der Waals surface area contributed by atoms with Crippen LogP contribution in [-0.2, 0) is 28.8 Å². The van der Waals surface area contributed by atoms with E-state index >= 15 is 14.4 Å².